The summed E-state index contributed by atoms with van der Waals surface area (Å²) in [5, 5.41) is 4.39. The van der Waals surface area contributed by atoms with Crippen molar-refractivity contribution in [1.82, 2.24) is 16.2 Å². The van der Waals surface area contributed by atoms with Crippen LogP contribution in [-0.2, 0) is 4.79 Å². The normalized spacial score (nSPS) is 10.4. The highest BCUT2D eigenvalue weighted by molar-refractivity contribution is 9.11. The number of hydrogen-bond acceptors (Lipinski definition) is 5. The van der Waals surface area contributed by atoms with E-state index in [1.807, 2.05) is 24.3 Å². The molecule has 0 radical (unpaired) electrons. The number of hydrazine groups is 1. The van der Waals surface area contributed by atoms with Crippen molar-refractivity contribution in [2.24, 2.45) is 0 Å². The molecule has 0 aliphatic carbocycles. The van der Waals surface area contributed by atoms with Crippen molar-refractivity contribution in [1.29, 1.82) is 0 Å². The number of carbonyl (C=O) groups excluding carboxylic acids is 2. The summed E-state index contributed by atoms with van der Waals surface area (Å²) >= 11 is 15.3. The zero-order valence-corrected chi connectivity index (χ0v) is 22.1. The molecule has 3 aromatic rings. The molecule has 32 heavy (non-hydrogen) atoms. The summed E-state index contributed by atoms with van der Waals surface area (Å²) in [6.45, 7) is -0.254. The van der Waals surface area contributed by atoms with Gasteiger partial charge in [-0.15, -0.1) is 0 Å². The van der Waals surface area contributed by atoms with E-state index in [2.05, 4.69) is 64.0 Å². The van der Waals surface area contributed by atoms with Gasteiger partial charge in [0.1, 0.15) is 11.5 Å². The fraction of sp³-hybridized carbons (Fsp3) is 0.0952. The van der Waals surface area contributed by atoms with E-state index in [9.17, 15) is 9.59 Å². The van der Waals surface area contributed by atoms with Crippen LogP contribution in [0.1, 0.15) is 10.4 Å². The average Bonchev–Trinajstić information content (AvgIpc) is 2.77. The van der Waals surface area contributed by atoms with Crippen molar-refractivity contribution < 1.29 is 19.1 Å². The van der Waals surface area contributed by atoms with Crippen molar-refractivity contribution in [3.8, 4) is 11.5 Å². The second kappa shape index (κ2) is 11.1. The second-order valence-electron chi connectivity index (χ2n) is 6.34. The number of halogens is 3. The van der Waals surface area contributed by atoms with Crippen LogP contribution in [0.25, 0.3) is 10.8 Å². The number of nitrogens with one attached hydrogen (secondary N) is 3. The first-order chi connectivity index (χ1) is 15.3. The molecule has 0 heterocycles. The Hall–Kier alpha value is -2.21. The fourth-order valence-corrected chi connectivity index (χ4v) is 4.35. The van der Waals surface area contributed by atoms with Crippen LogP contribution >= 0.6 is 60.0 Å². The van der Waals surface area contributed by atoms with E-state index in [0.29, 0.717) is 21.5 Å². The molecule has 0 aliphatic rings. The van der Waals surface area contributed by atoms with E-state index in [4.69, 9.17) is 21.7 Å². The molecular formula is C21H16Br3N3O4S. The molecule has 3 aromatic carbocycles. The van der Waals surface area contributed by atoms with Gasteiger partial charge in [0.2, 0.25) is 0 Å². The van der Waals surface area contributed by atoms with Crippen molar-refractivity contribution in [2.75, 3.05) is 13.7 Å². The summed E-state index contributed by atoms with van der Waals surface area (Å²) < 4.78 is 13.1. The van der Waals surface area contributed by atoms with Gasteiger partial charge in [-0.05, 0) is 91.2 Å². The number of hydrogen-bond donors (Lipinski definition) is 3. The van der Waals surface area contributed by atoms with E-state index in [0.717, 1.165) is 19.7 Å². The quantitative estimate of drug-likeness (QED) is 0.272. The molecular weight excluding hydrogens is 630 g/mol. The van der Waals surface area contributed by atoms with Crippen molar-refractivity contribution in [2.45, 2.75) is 0 Å². The Kier molecular flexibility index (Phi) is 8.46. The van der Waals surface area contributed by atoms with Gasteiger partial charge >= 0.3 is 0 Å². The molecule has 0 aromatic heterocycles. The summed E-state index contributed by atoms with van der Waals surface area (Å²) in [4.78, 5) is 24.4. The number of rotatable bonds is 5. The lowest BCUT2D eigenvalue weighted by Gasteiger charge is -2.13. The van der Waals surface area contributed by atoms with Gasteiger partial charge in [0, 0.05) is 10.0 Å². The first kappa shape index (κ1) is 24.4. The number of ether oxygens (including phenoxy) is 2. The number of carbonyl (C=O) groups is 2. The maximum Gasteiger partial charge on any atom is 0.276 e. The fourth-order valence-electron chi connectivity index (χ4n) is 2.67. The van der Waals surface area contributed by atoms with E-state index in [-0.39, 0.29) is 11.7 Å². The van der Waals surface area contributed by atoms with Crippen LogP contribution in [0.15, 0.2) is 61.9 Å². The van der Waals surface area contributed by atoms with Gasteiger partial charge in [0.15, 0.2) is 11.7 Å². The van der Waals surface area contributed by atoms with Gasteiger partial charge in [-0.1, -0.05) is 28.1 Å². The van der Waals surface area contributed by atoms with Crippen LogP contribution in [0.4, 0.5) is 0 Å². The van der Waals surface area contributed by atoms with Crippen LogP contribution < -0.4 is 25.6 Å². The predicted molar refractivity (Wildman–Crippen MR) is 137 cm³/mol. The zero-order valence-electron chi connectivity index (χ0n) is 16.5. The van der Waals surface area contributed by atoms with Gasteiger partial charge in [-0.2, -0.15) is 0 Å². The number of thiocarbonyl (C=S) groups is 1. The number of fused-ring (bicyclic) bond motifs is 1. The van der Waals surface area contributed by atoms with Crippen LogP contribution in [0.3, 0.4) is 0 Å². The Labute approximate surface area is 214 Å². The third kappa shape index (κ3) is 6.18. The molecule has 3 rings (SSSR count). The highest BCUT2D eigenvalue weighted by Crippen LogP contribution is 2.34. The largest absolute Gasteiger partial charge is 0.496 e. The van der Waals surface area contributed by atoms with Crippen LogP contribution in [-0.4, -0.2) is 30.6 Å². The smallest absolute Gasteiger partial charge is 0.276 e. The van der Waals surface area contributed by atoms with Crippen molar-refractivity contribution in [3.05, 3.63) is 67.5 Å². The minimum atomic E-state index is -0.475. The second-order valence-corrected chi connectivity index (χ2v) is 9.31. The molecule has 0 unspecified atom stereocenters. The Morgan fingerprint density at radius 3 is 2.44 bits per heavy atom. The lowest BCUT2D eigenvalue weighted by molar-refractivity contribution is -0.123. The van der Waals surface area contributed by atoms with Gasteiger partial charge in [0.25, 0.3) is 11.8 Å². The molecule has 0 saturated carbocycles. The third-order valence-corrected chi connectivity index (χ3v) is 6.33. The molecule has 11 heteroatoms. The standard InChI is InChI=1S/C21H16Br3N3O4S/c1-30-16-6-3-12(9-15(16)23)20(29)25-21(32)27-26-18(28)10-31-17-7-2-11-8-13(22)4-5-14(11)19(17)24/h2-9H,10H2,1H3,(H,26,28)(H2,25,27,29,32). The lowest BCUT2D eigenvalue weighted by Crippen LogP contribution is -2.49. The summed E-state index contributed by atoms with van der Waals surface area (Å²) in [5.41, 5.74) is 5.22. The number of methoxy groups -OCH3 is 1. The molecule has 0 aliphatic heterocycles. The Morgan fingerprint density at radius 2 is 1.72 bits per heavy atom. The molecule has 7 nitrogen and oxygen atoms in total. The van der Waals surface area contributed by atoms with E-state index in [1.165, 1.54) is 7.11 Å². The average molecular weight is 646 g/mol. The maximum atomic E-state index is 12.3. The monoisotopic (exact) mass is 643 g/mol. The maximum absolute atomic E-state index is 12.3. The topological polar surface area (TPSA) is 88.7 Å². The van der Waals surface area contributed by atoms with Crippen molar-refractivity contribution >= 4 is 87.7 Å². The van der Waals surface area contributed by atoms with Gasteiger partial charge in [-0.25, -0.2) is 0 Å². The Bertz CT molecular complexity index is 1210. The SMILES string of the molecule is COc1ccc(C(=O)NC(=S)NNC(=O)COc2ccc3cc(Br)ccc3c2Br)cc1Br. The summed E-state index contributed by atoms with van der Waals surface area (Å²) in [7, 11) is 1.53. The summed E-state index contributed by atoms with van der Waals surface area (Å²) in [5.74, 6) is 0.205. The van der Waals surface area contributed by atoms with E-state index < -0.39 is 11.8 Å². The first-order valence-electron chi connectivity index (χ1n) is 9.02. The highest BCUT2D eigenvalue weighted by atomic mass is 79.9. The molecule has 166 valence electrons. The molecule has 3 N–H and O–H groups in total. The predicted octanol–water partition coefficient (Wildman–Crippen LogP) is 4.85. The molecule has 0 atom stereocenters. The molecule has 0 bridgehead atoms. The van der Waals surface area contributed by atoms with Gasteiger partial charge in [0.05, 0.1) is 16.1 Å². The molecule has 0 spiro atoms. The molecule has 0 saturated heterocycles. The molecule has 0 fully saturated rings. The Morgan fingerprint density at radius 1 is 0.969 bits per heavy atom. The first-order valence-corrected chi connectivity index (χ1v) is 11.8. The van der Waals surface area contributed by atoms with Crippen LogP contribution in [0, 0.1) is 0 Å². The molecule has 2 amide bonds. The summed E-state index contributed by atoms with van der Waals surface area (Å²) in [6, 6.07) is 14.4. The van der Waals surface area contributed by atoms with Crippen LogP contribution in [0.5, 0.6) is 11.5 Å². The van der Waals surface area contributed by atoms with E-state index >= 15 is 0 Å². The van der Waals surface area contributed by atoms with Gasteiger partial charge in [-0.3, -0.25) is 25.8 Å². The highest BCUT2D eigenvalue weighted by Gasteiger charge is 2.12. The number of amides is 2. The zero-order chi connectivity index (χ0) is 23.3. The van der Waals surface area contributed by atoms with Gasteiger partial charge < -0.3 is 9.47 Å². The van der Waals surface area contributed by atoms with Crippen LogP contribution in [0.2, 0.25) is 0 Å². The lowest BCUT2D eigenvalue weighted by atomic mass is 10.1. The van der Waals surface area contributed by atoms with E-state index in [1.54, 1.807) is 24.3 Å². The Balaban J connectivity index is 1.49. The summed E-state index contributed by atoms with van der Waals surface area (Å²) in [6.07, 6.45) is 0. The minimum Gasteiger partial charge on any atom is -0.496 e. The number of benzene rings is 3. The third-order valence-electron chi connectivity index (χ3n) is 4.20. The van der Waals surface area contributed by atoms with Crippen molar-refractivity contribution in [3.63, 3.8) is 0 Å². The minimum absolute atomic E-state index is 0.0623.